The van der Waals surface area contributed by atoms with Gasteiger partial charge in [0.05, 0.1) is 0 Å². The number of allylic oxidation sites excluding steroid dienone is 2. The van der Waals surface area contributed by atoms with Crippen LogP contribution in [0.25, 0.3) is 0 Å². The molecule has 0 nitrogen and oxygen atoms in total. The summed E-state index contributed by atoms with van der Waals surface area (Å²) in [6.07, 6.45) is 5.06. The Labute approximate surface area is 80.2 Å². The summed E-state index contributed by atoms with van der Waals surface area (Å²) in [7, 11) is 0. The Bertz CT molecular complexity index is 249. The van der Waals surface area contributed by atoms with Crippen LogP contribution < -0.4 is 4.46 Å². The van der Waals surface area contributed by atoms with Crippen LogP contribution in [0.1, 0.15) is 6.42 Å². The average molecular weight is 223 g/mol. The van der Waals surface area contributed by atoms with Crippen LogP contribution in [-0.2, 0) is 0 Å². The molecule has 0 bridgehead atoms. The first-order valence-electron chi connectivity index (χ1n) is 3.91. The van der Waals surface area contributed by atoms with Gasteiger partial charge in [-0.2, -0.15) is 0 Å². The molecule has 1 aromatic carbocycles. The van der Waals surface area contributed by atoms with Crippen LogP contribution in [0, 0.1) is 0 Å². The standard InChI is InChI=1S/C11H12Se/c1-2-3-7-10-12-11-8-5-4-6-9-11/h2,4-10H,1,3H2/b10-7+. The van der Waals surface area contributed by atoms with Gasteiger partial charge in [-0.25, -0.2) is 0 Å². The molecule has 12 heavy (non-hydrogen) atoms. The Morgan fingerprint density at radius 1 is 1.25 bits per heavy atom. The normalized spacial score (nSPS) is 10.3. The van der Waals surface area contributed by atoms with Crippen molar-refractivity contribution in [1.82, 2.24) is 0 Å². The van der Waals surface area contributed by atoms with Crippen LogP contribution in [0.2, 0.25) is 0 Å². The molecule has 0 fully saturated rings. The Hall–Kier alpha value is -0.781. The number of rotatable bonds is 4. The van der Waals surface area contributed by atoms with Crippen molar-refractivity contribution in [2.24, 2.45) is 0 Å². The molecule has 62 valence electrons. The van der Waals surface area contributed by atoms with Crippen LogP contribution in [0.4, 0.5) is 0 Å². The molecule has 0 aliphatic rings. The van der Waals surface area contributed by atoms with Gasteiger partial charge in [0.2, 0.25) is 0 Å². The minimum absolute atomic E-state index is 0.490. The monoisotopic (exact) mass is 224 g/mol. The second-order valence-electron chi connectivity index (χ2n) is 2.33. The summed E-state index contributed by atoms with van der Waals surface area (Å²) in [5.74, 6) is 0. The van der Waals surface area contributed by atoms with Gasteiger partial charge in [-0.15, -0.1) is 0 Å². The topological polar surface area (TPSA) is 0 Å². The van der Waals surface area contributed by atoms with Gasteiger partial charge >= 0.3 is 79.9 Å². The van der Waals surface area contributed by atoms with Crippen molar-refractivity contribution in [3.8, 4) is 0 Å². The molecule has 0 radical (unpaired) electrons. The van der Waals surface area contributed by atoms with E-state index in [4.69, 9.17) is 0 Å². The molecule has 1 rings (SSSR count). The van der Waals surface area contributed by atoms with E-state index < -0.39 is 0 Å². The number of benzene rings is 1. The second kappa shape index (κ2) is 5.82. The fourth-order valence-corrected chi connectivity index (χ4v) is 2.20. The van der Waals surface area contributed by atoms with E-state index in [2.05, 4.69) is 41.9 Å². The van der Waals surface area contributed by atoms with E-state index >= 15 is 0 Å². The van der Waals surface area contributed by atoms with E-state index in [-0.39, 0.29) is 0 Å². The Balaban J connectivity index is 2.38. The molecular weight excluding hydrogens is 211 g/mol. The SMILES string of the molecule is C=CC/C=C/[Se]c1ccccc1. The first-order chi connectivity index (χ1) is 5.93. The molecular formula is C11H12Se. The maximum atomic E-state index is 3.66. The molecule has 0 aliphatic carbocycles. The zero-order chi connectivity index (χ0) is 8.65. The van der Waals surface area contributed by atoms with Gasteiger partial charge in [-0.3, -0.25) is 0 Å². The van der Waals surface area contributed by atoms with E-state index in [1.165, 1.54) is 4.46 Å². The van der Waals surface area contributed by atoms with Crippen molar-refractivity contribution in [1.29, 1.82) is 0 Å². The van der Waals surface area contributed by atoms with Crippen LogP contribution in [-0.4, -0.2) is 15.0 Å². The number of hydrogen-bond donors (Lipinski definition) is 0. The molecule has 1 aromatic rings. The van der Waals surface area contributed by atoms with E-state index in [1.807, 2.05) is 12.1 Å². The van der Waals surface area contributed by atoms with Gasteiger partial charge in [0.15, 0.2) is 0 Å². The van der Waals surface area contributed by atoms with Crippen molar-refractivity contribution in [2.45, 2.75) is 6.42 Å². The summed E-state index contributed by atoms with van der Waals surface area (Å²) in [6.45, 7) is 3.66. The predicted molar refractivity (Wildman–Crippen MR) is 55.8 cm³/mol. The van der Waals surface area contributed by atoms with Gasteiger partial charge < -0.3 is 0 Å². The Kier molecular flexibility index (Phi) is 4.51. The number of hydrogen-bond acceptors (Lipinski definition) is 0. The first-order valence-corrected chi connectivity index (χ1v) is 5.75. The van der Waals surface area contributed by atoms with Crippen molar-refractivity contribution >= 4 is 19.4 Å². The van der Waals surface area contributed by atoms with Crippen molar-refractivity contribution in [3.63, 3.8) is 0 Å². The van der Waals surface area contributed by atoms with E-state index in [1.54, 1.807) is 0 Å². The van der Waals surface area contributed by atoms with Gasteiger partial charge in [0.25, 0.3) is 0 Å². The van der Waals surface area contributed by atoms with Crippen molar-refractivity contribution in [3.05, 3.63) is 54.0 Å². The maximum absolute atomic E-state index is 3.66. The van der Waals surface area contributed by atoms with E-state index in [0.29, 0.717) is 15.0 Å². The van der Waals surface area contributed by atoms with Crippen molar-refractivity contribution in [2.75, 3.05) is 0 Å². The zero-order valence-electron chi connectivity index (χ0n) is 6.94. The van der Waals surface area contributed by atoms with Crippen LogP contribution in [0.15, 0.2) is 54.0 Å². The molecule has 1 heteroatoms. The first kappa shape index (κ1) is 9.31. The summed E-state index contributed by atoms with van der Waals surface area (Å²) >= 11 is 0.490. The third kappa shape index (κ3) is 3.56. The van der Waals surface area contributed by atoms with Gasteiger partial charge in [0, 0.05) is 0 Å². The minimum atomic E-state index is 0.490. The quantitative estimate of drug-likeness (QED) is 0.541. The van der Waals surface area contributed by atoms with Crippen LogP contribution in [0.3, 0.4) is 0 Å². The summed E-state index contributed by atoms with van der Waals surface area (Å²) in [6, 6.07) is 10.5. The van der Waals surface area contributed by atoms with E-state index in [9.17, 15) is 0 Å². The van der Waals surface area contributed by atoms with Gasteiger partial charge in [-0.05, 0) is 0 Å². The molecule has 0 aliphatic heterocycles. The van der Waals surface area contributed by atoms with Gasteiger partial charge in [0.1, 0.15) is 0 Å². The average Bonchev–Trinajstić information content (AvgIpc) is 2.14. The third-order valence-corrected chi connectivity index (χ3v) is 3.18. The summed E-state index contributed by atoms with van der Waals surface area (Å²) in [4.78, 5) is 2.24. The molecule has 0 heterocycles. The Morgan fingerprint density at radius 3 is 2.67 bits per heavy atom. The second-order valence-corrected chi connectivity index (χ2v) is 4.38. The molecule has 0 spiro atoms. The summed E-state index contributed by atoms with van der Waals surface area (Å²) < 4.78 is 1.42. The molecule has 0 amide bonds. The summed E-state index contributed by atoms with van der Waals surface area (Å²) in [5.41, 5.74) is 0. The predicted octanol–water partition coefficient (Wildman–Crippen LogP) is 2.11. The van der Waals surface area contributed by atoms with Crippen LogP contribution >= 0.6 is 0 Å². The molecule has 0 saturated carbocycles. The third-order valence-electron chi connectivity index (χ3n) is 1.35. The molecule has 0 atom stereocenters. The molecule has 0 saturated heterocycles. The van der Waals surface area contributed by atoms with Gasteiger partial charge in [-0.1, -0.05) is 0 Å². The molecule has 0 aromatic heterocycles. The fraction of sp³-hybridized carbons (Fsp3) is 0.0909. The fourth-order valence-electron chi connectivity index (χ4n) is 0.778. The van der Waals surface area contributed by atoms with E-state index in [0.717, 1.165) is 6.42 Å². The summed E-state index contributed by atoms with van der Waals surface area (Å²) in [5, 5.41) is 0. The molecule has 0 N–H and O–H groups in total. The van der Waals surface area contributed by atoms with Crippen LogP contribution in [0.5, 0.6) is 0 Å². The Morgan fingerprint density at radius 2 is 2.00 bits per heavy atom. The van der Waals surface area contributed by atoms with Crippen molar-refractivity contribution < 1.29 is 0 Å². The molecule has 0 unspecified atom stereocenters. The zero-order valence-corrected chi connectivity index (χ0v) is 8.65.